The zero-order valence-corrected chi connectivity index (χ0v) is 21.7. The molecule has 0 aliphatic heterocycles. The fraction of sp³-hybridized carbons (Fsp3) is 0.323. The van der Waals surface area contributed by atoms with Crippen LogP contribution >= 0.6 is 0 Å². The van der Waals surface area contributed by atoms with E-state index in [0.29, 0.717) is 30.8 Å². The van der Waals surface area contributed by atoms with Crippen molar-refractivity contribution in [3.63, 3.8) is 0 Å². The van der Waals surface area contributed by atoms with Gasteiger partial charge in [0.1, 0.15) is 17.7 Å². The number of aromatic nitrogens is 3. The molecule has 3 N–H and O–H groups in total. The normalized spacial score (nSPS) is 14.5. The monoisotopic (exact) mass is 508 g/mol. The fourth-order valence-corrected chi connectivity index (χ4v) is 5.06. The minimum absolute atomic E-state index is 0.000604. The maximum Gasteiger partial charge on any atom is 0.242 e. The molecule has 1 atom stereocenters. The summed E-state index contributed by atoms with van der Waals surface area (Å²) in [5.74, 6) is 2.42. The van der Waals surface area contributed by atoms with Crippen molar-refractivity contribution in [3.8, 4) is 5.82 Å². The molecule has 196 valence electrons. The molecule has 0 unspecified atom stereocenters. The fourth-order valence-electron chi connectivity index (χ4n) is 5.06. The molecular weight excluding hydrogens is 472 g/mol. The Balaban J connectivity index is 1.36. The van der Waals surface area contributed by atoms with Gasteiger partial charge in [-0.2, -0.15) is 9.97 Å². The molecular formula is C31H36N6O. The topological polar surface area (TPSA) is 83.9 Å². The van der Waals surface area contributed by atoms with Crippen molar-refractivity contribution in [2.75, 3.05) is 10.6 Å². The standard InChI is InChI=1S/C31H36N6O/c38-30(32-22-25-14-6-2-7-15-25)27(20-24-12-4-1-5-13-24)34-28-21-29(37-18-10-11-19-37)36-31(35-28)33-23-26-16-8-3-9-17-26/h2-3,6-11,14-19,21,24,27H,1,4-5,12-13,20,22-23H2,(H,32,38)(H2,33,34,35,36)/t27-/m1/s1. The van der Waals surface area contributed by atoms with Crippen LogP contribution in [0.25, 0.3) is 5.82 Å². The van der Waals surface area contributed by atoms with Gasteiger partial charge in [0.2, 0.25) is 11.9 Å². The highest BCUT2D eigenvalue weighted by Gasteiger charge is 2.25. The van der Waals surface area contributed by atoms with Crippen LogP contribution in [0.5, 0.6) is 0 Å². The third-order valence-electron chi connectivity index (χ3n) is 7.12. The van der Waals surface area contributed by atoms with E-state index in [4.69, 9.17) is 9.97 Å². The molecule has 0 bridgehead atoms. The van der Waals surface area contributed by atoms with Gasteiger partial charge in [-0.25, -0.2) is 0 Å². The highest BCUT2D eigenvalue weighted by atomic mass is 16.2. The molecule has 2 aromatic carbocycles. The van der Waals surface area contributed by atoms with Crippen molar-refractivity contribution in [3.05, 3.63) is 102 Å². The first-order chi connectivity index (χ1) is 18.7. The quantitative estimate of drug-likeness (QED) is 0.233. The average molecular weight is 509 g/mol. The number of carbonyl (C=O) groups is 1. The van der Waals surface area contributed by atoms with Gasteiger partial charge < -0.3 is 20.5 Å². The minimum atomic E-state index is -0.379. The second-order valence-corrected chi connectivity index (χ2v) is 10.0. The van der Waals surface area contributed by atoms with Gasteiger partial charge in [0.25, 0.3) is 0 Å². The maximum absolute atomic E-state index is 13.5. The number of anilines is 2. The number of hydrogen-bond acceptors (Lipinski definition) is 5. The number of carbonyl (C=O) groups excluding carboxylic acids is 1. The number of nitrogens with one attached hydrogen (secondary N) is 3. The van der Waals surface area contributed by atoms with Gasteiger partial charge in [-0.05, 0) is 35.6 Å². The van der Waals surface area contributed by atoms with Gasteiger partial charge in [-0.3, -0.25) is 4.79 Å². The second kappa shape index (κ2) is 12.9. The van der Waals surface area contributed by atoms with E-state index >= 15 is 0 Å². The second-order valence-electron chi connectivity index (χ2n) is 10.0. The summed E-state index contributed by atoms with van der Waals surface area (Å²) in [7, 11) is 0. The van der Waals surface area contributed by atoms with Crippen LogP contribution in [-0.4, -0.2) is 26.5 Å². The molecule has 0 radical (unpaired) electrons. The molecule has 2 aromatic heterocycles. The summed E-state index contributed by atoms with van der Waals surface area (Å²) in [6.07, 6.45) is 10.8. The third-order valence-corrected chi connectivity index (χ3v) is 7.12. The molecule has 1 saturated carbocycles. The number of benzene rings is 2. The minimum Gasteiger partial charge on any atom is -0.358 e. The molecule has 7 heteroatoms. The maximum atomic E-state index is 13.5. The van der Waals surface area contributed by atoms with Gasteiger partial charge in [0, 0.05) is 31.5 Å². The first-order valence-electron chi connectivity index (χ1n) is 13.6. The van der Waals surface area contributed by atoms with E-state index in [0.717, 1.165) is 23.4 Å². The Labute approximate surface area is 224 Å². The van der Waals surface area contributed by atoms with Crippen LogP contribution in [0.4, 0.5) is 11.8 Å². The largest absolute Gasteiger partial charge is 0.358 e. The Bertz CT molecular complexity index is 1270. The molecule has 0 spiro atoms. The zero-order chi connectivity index (χ0) is 26.0. The van der Waals surface area contributed by atoms with E-state index < -0.39 is 0 Å². The van der Waals surface area contributed by atoms with Gasteiger partial charge in [-0.1, -0.05) is 92.8 Å². The highest BCUT2D eigenvalue weighted by molar-refractivity contribution is 5.84. The Morgan fingerprint density at radius 2 is 1.50 bits per heavy atom. The smallest absolute Gasteiger partial charge is 0.242 e. The van der Waals surface area contributed by atoms with Crippen LogP contribution in [0, 0.1) is 5.92 Å². The van der Waals surface area contributed by atoms with Crippen molar-refractivity contribution in [1.29, 1.82) is 0 Å². The third kappa shape index (κ3) is 7.22. The van der Waals surface area contributed by atoms with E-state index in [1.807, 2.05) is 83.7 Å². The van der Waals surface area contributed by atoms with Crippen LogP contribution in [0.15, 0.2) is 91.3 Å². The van der Waals surface area contributed by atoms with Gasteiger partial charge >= 0.3 is 0 Å². The van der Waals surface area contributed by atoms with Gasteiger partial charge in [0.15, 0.2) is 0 Å². The Morgan fingerprint density at radius 1 is 0.842 bits per heavy atom. The lowest BCUT2D eigenvalue weighted by atomic mass is 9.84. The lowest BCUT2D eigenvalue weighted by molar-refractivity contribution is -0.122. The summed E-state index contributed by atoms with van der Waals surface area (Å²) in [6.45, 7) is 1.11. The molecule has 7 nitrogen and oxygen atoms in total. The number of rotatable bonds is 11. The Morgan fingerprint density at radius 3 is 2.18 bits per heavy atom. The molecule has 1 fully saturated rings. The average Bonchev–Trinajstić information content (AvgIpc) is 3.52. The molecule has 0 saturated heterocycles. The zero-order valence-electron chi connectivity index (χ0n) is 21.7. The van der Waals surface area contributed by atoms with E-state index in [2.05, 4.69) is 28.1 Å². The van der Waals surface area contributed by atoms with E-state index in [-0.39, 0.29) is 11.9 Å². The summed E-state index contributed by atoms with van der Waals surface area (Å²) in [5.41, 5.74) is 2.23. The molecule has 38 heavy (non-hydrogen) atoms. The van der Waals surface area contributed by atoms with Crippen molar-refractivity contribution in [2.45, 2.75) is 57.7 Å². The van der Waals surface area contributed by atoms with Crippen LogP contribution < -0.4 is 16.0 Å². The van der Waals surface area contributed by atoms with Gasteiger partial charge in [-0.15, -0.1) is 0 Å². The number of nitrogens with zero attached hydrogens (tertiary/aromatic N) is 3. The van der Waals surface area contributed by atoms with Crippen molar-refractivity contribution >= 4 is 17.7 Å². The van der Waals surface area contributed by atoms with Crippen LogP contribution in [0.3, 0.4) is 0 Å². The summed E-state index contributed by atoms with van der Waals surface area (Å²) in [6, 6.07) is 25.7. The first-order valence-corrected chi connectivity index (χ1v) is 13.6. The van der Waals surface area contributed by atoms with Crippen LogP contribution in [-0.2, 0) is 17.9 Å². The van der Waals surface area contributed by atoms with E-state index in [1.165, 1.54) is 32.1 Å². The Hall–Kier alpha value is -4.13. The predicted octanol–water partition coefficient (Wildman–Crippen LogP) is 5.95. The molecule has 1 aliphatic rings. The summed E-state index contributed by atoms with van der Waals surface area (Å²) in [5, 5.41) is 9.99. The van der Waals surface area contributed by atoms with Crippen molar-refractivity contribution in [2.24, 2.45) is 5.92 Å². The van der Waals surface area contributed by atoms with E-state index in [9.17, 15) is 4.79 Å². The molecule has 1 amide bonds. The number of amides is 1. The van der Waals surface area contributed by atoms with Crippen molar-refractivity contribution < 1.29 is 4.79 Å². The van der Waals surface area contributed by atoms with Crippen molar-refractivity contribution in [1.82, 2.24) is 19.9 Å². The molecule has 5 rings (SSSR count). The summed E-state index contributed by atoms with van der Waals surface area (Å²) < 4.78 is 1.95. The summed E-state index contributed by atoms with van der Waals surface area (Å²) >= 11 is 0. The predicted molar refractivity (Wildman–Crippen MR) is 152 cm³/mol. The molecule has 2 heterocycles. The lowest BCUT2D eigenvalue weighted by Crippen LogP contribution is -2.41. The van der Waals surface area contributed by atoms with Crippen LogP contribution in [0.2, 0.25) is 0 Å². The summed E-state index contributed by atoms with van der Waals surface area (Å²) in [4.78, 5) is 23.0. The number of hydrogen-bond donors (Lipinski definition) is 3. The van der Waals surface area contributed by atoms with E-state index in [1.54, 1.807) is 0 Å². The highest BCUT2D eigenvalue weighted by Crippen LogP contribution is 2.28. The molecule has 1 aliphatic carbocycles. The lowest BCUT2D eigenvalue weighted by Gasteiger charge is -2.27. The van der Waals surface area contributed by atoms with Crippen LogP contribution in [0.1, 0.15) is 49.7 Å². The van der Waals surface area contributed by atoms with Gasteiger partial charge in [0.05, 0.1) is 0 Å². The SMILES string of the molecule is O=C(NCc1ccccc1)[C@@H](CC1CCCCC1)Nc1cc(-n2cccc2)nc(NCc2ccccc2)n1. The Kier molecular flexibility index (Phi) is 8.66. The molecule has 4 aromatic rings. The first kappa shape index (κ1) is 25.5.